The molecule has 2 nitrogen and oxygen atoms in total. The van der Waals surface area contributed by atoms with Crippen LogP contribution in [0.5, 0.6) is 5.75 Å². The number of benzene rings is 3. The van der Waals surface area contributed by atoms with Gasteiger partial charge in [0.25, 0.3) is 0 Å². The van der Waals surface area contributed by atoms with Gasteiger partial charge < -0.3 is 10.1 Å². The summed E-state index contributed by atoms with van der Waals surface area (Å²) in [6, 6.07) is 21.3. The van der Waals surface area contributed by atoms with Crippen LogP contribution >= 0.6 is 39.1 Å². The molecule has 0 aliphatic carbocycles. The lowest BCUT2D eigenvalue weighted by Gasteiger charge is -2.14. The van der Waals surface area contributed by atoms with Crippen molar-refractivity contribution in [1.29, 1.82) is 0 Å². The molecular formula is C20H16BrCl2NO. The SMILES string of the molecule is Clc1ccc(OCc2ccccc2Cl)c(CNc2ccc(Br)cc2)c1. The molecule has 3 rings (SSSR count). The van der Waals surface area contributed by atoms with E-state index in [-0.39, 0.29) is 0 Å². The van der Waals surface area contributed by atoms with Crippen LogP contribution in [-0.2, 0) is 13.2 Å². The van der Waals surface area contributed by atoms with E-state index >= 15 is 0 Å². The van der Waals surface area contributed by atoms with Gasteiger partial charge in [-0.2, -0.15) is 0 Å². The quantitative estimate of drug-likeness (QED) is 0.451. The van der Waals surface area contributed by atoms with Crippen LogP contribution in [0.1, 0.15) is 11.1 Å². The molecule has 0 amide bonds. The maximum atomic E-state index is 6.19. The van der Waals surface area contributed by atoms with Crippen LogP contribution in [0.4, 0.5) is 5.69 Å². The summed E-state index contributed by atoms with van der Waals surface area (Å²) in [5.41, 5.74) is 2.97. The second kappa shape index (κ2) is 8.61. The summed E-state index contributed by atoms with van der Waals surface area (Å²) in [6.45, 7) is 1.02. The number of nitrogens with one attached hydrogen (secondary N) is 1. The molecule has 0 fully saturated rings. The maximum absolute atomic E-state index is 6.19. The van der Waals surface area contributed by atoms with E-state index in [0.29, 0.717) is 23.2 Å². The monoisotopic (exact) mass is 435 g/mol. The van der Waals surface area contributed by atoms with E-state index in [1.807, 2.05) is 66.7 Å². The molecule has 0 aromatic heterocycles. The fourth-order valence-corrected chi connectivity index (χ4v) is 3.01. The summed E-state index contributed by atoms with van der Waals surface area (Å²) in [5.74, 6) is 0.786. The lowest BCUT2D eigenvalue weighted by Crippen LogP contribution is -2.04. The van der Waals surface area contributed by atoms with Gasteiger partial charge in [0.1, 0.15) is 12.4 Å². The summed E-state index contributed by atoms with van der Waals surface area (Å²) < 4.78 is 7.02. The predicted molar refractivity (Wildman–Crippen MR) is 109 cm³/mol. The van der Waals surface area contributed by atoms with E-state index in [2.05, 4.69) is 21.2 Å². The minimum atomic E-state index is 0.409. The van der Waals surface area contributed by atoms with Gasteiger partial charge in [-0.3, -0.25) is 0 Å². The molecule has 0 unspecified atom stereocenters. The summed E-state index contributed by atoms with van der Waals surface area (Å²) in [7, 11) is 0. The van der Waals surface area contributed by atoms with Gasteiger partial charge in [-0.05, 0) is 48.5 Å². The van der Waals surface area contributed by atoms with E-state index in [0.717, 1.165) is 27.0 Å². The number of ether oxygens (including phenoxy) is 1. The minimum absolute atomic E-state index is 0.409. The zero-order valence-corrected chi connectivity index (χ0v) is 16.4. The second-order valence-electron chi connectivity index (χ2n) is 5.49. The Balaban J connectivity index is 1.71. The third-order valence-corrected chi connectivity index (χ3v) is 4.82. The Kier molecular flexibility index (Phi) is 6.24. The van der Waals surface area contributed by atoms with Crippen molar-refractivity contribution in [2.24, 2.45) is 0 Å². The first-order chi connectivity index (χ1) is 12.1. The average Bonchev–Trinajstić information content (AvgIpc) is 2.62. The Morgan fingerprint density at radius 2 is 1.64 bits per heavy atom. The molecule has 25 heavy (non-hydrogen) atoms. The van der Waals surface area contributed by atoms with E-state index in [9.17, 15) is 0 Å². The molecular weight excluding hydrogens is 421 g/mol. The molecule has 0 aliphatic heterocycles. The van der Waals surface area contributed by atoms with Gasteiger partial charge in [0.05, 0.1) is 0 Å². The number of anilines is 1. The number of hydrogen-bond acceptors (Lipinski definition) is 2. The zero-order chi connectivity index (χ0) is 17.6. The first-order valence-corrected chi connectivity index (χ1v) is 9.31. The molecule has 3 aromatic rings. The van der Waals surface area contributed by atoms with Crippen LogP contribution in [0.25, 0.3) is 0 Å². The Hall–Kier alpha value is -1.68. The Labute approximate surface area is 165 Å². The van der Waals surface area contributed by atoms with Crippen molar-refractivity contribution >= 4 is 44.8 Å². The molecule has 128 valence electrons. The highest BCUT2D eigenvalue weighted by molar-refractivity contribution is 9.10. The predicted octanol–water partition coefficient (Wildman–Crippen LogP) is 6.95. The molecule has 0 saturated heterocycles. The van der Waals surface area contributed by atoms with Crippen LogP contribution in [0.3, 0.4) is 0 Å². The van der Waals surface area contributed by atoms with Crippen LogP contribution in [0.15, 0.2) is 71.2 Å². The van der Waals surface area contributed by atoms with Crippen molar-refractivity contribution in [2.75, 3.05) is 5.32 Å². The Morgan fingerprint density at radius 1 is 0.880 bits per heavy atom. The molecule has 0 bridgehead atoms. The number of rotatable bonds is 6. The van der Waals surface area contributed by atoms with Gasteiger partial charge in [-0.25, -0.2) is 0 Å². The highest BCUT2D eigenvalue weighted by Crippen LogP contribution is 2.26. The topological polar surface area (TPSA) is 21.3 Å². The van der Waals surface area contributed by atoms with Crippen molar-refractivity contribution in [2.45, 2.75) is 13.2 Å². The van der Waals surface area contributed by atoms with Gasteiger partial charge in [-0.1, -0.05) is 57.3 Å². The summed E-state index contributed by atoms with van der Waals surface area (Å²) in [6.07, 6.45) is 0. The van der Waals surface area contributed by atoms with Crippen LogP contribution in [-0.4, -0.2) is 0 Å². The number of halogens is 3. The van der Waals surface area contributed by atoms with Gasteiger partial charge in [-0.15, -0.1) is 0 Å². The number of hydrogen-bond donors (Lipinski definition) is 1. The summed E-state index contributed by atoms with van der Waals surface area (Å²) in [5, 5.41) is 4.76. The molecule has 0 aliphatic rings. The first kappa shape index (κ1) is 18.1. The average molecular weight is 437 g/mol. The van der Waals surface area contributed by atoms with Crippen LogP contribution < -0.4 is 10.1 Å². The highest BCUT2D eigenvalue weighted by atomic mass is 79.9. The fourth-order valence-electron chi connectivity index (χ4n) is 2.36. The van der Waals surface area contributed by atoms with Gasteiger partial charge in [0.2, 0.25) is 0 Å². The Bertz CT molecular complexity index is 853. The summed E-state index contributed by atoms with van der Waals surface area (Å²) >= 11 is 15.8. The molecule has 3 aromatic carbocycles. The molecule has 0 spiro atoms. The lowest BCUT2D eigenvalue weighted by molar-refractivity contribution is 0.303. The minimum Gasteiger partial charge on any atom is -0.488 e. The Morgan fingerprint density at radius 3 is 2.40 bits per heavy atom. The largest absolute Gasteiger partial charge is 0.488 e. The van der Waals surface area contributed by atoms with E-state index in [4.69, 9.17) is 27.9 Å². The molecule has 0 heterocycles. The van der Waals surface area contributed by atoms with E-state index in [1.54, 1.807) is 0 Å². The molecule has 0 radical (unpaired) electrons. The zero-order valence-electron chi connectivity index (χ0n) is 13.3. The molecule has 5 heteroatoms. The van der Waals surface area contributed by atoms with Crippen molar-refractivity contribution < 1.29 is 4.74 Å². The maximum Gasteiger partial charge on any atom is 0.124 e. The van der Waals surface area contributed by atoms with Crippen molar-refractivity contribution in [1.82, 2.24) is 0 Å². The van der Waals surface area contributed by atoms with Crippen molar-refractivity contribution in [3.8, 4) is 5.75 Å². The van der Waals surface area contributed by atoms with Gasteiger partial charge in [0.15, 0.2) is 0 Å². The van der Waals surface area contributed by atoms with Crippen LogP contribution in [0, 0.1) is 0 Å². The van der Waals surface area contributed by atoms with Crippen molar-refractivity contribution in [3.05, 3.63) is 92.4 Å². The van der Waals surface area contributed by atoms with E-state index < -0.39 is 0 Å². The normalized spacial score (nSPS) is 10.5. The third kappa shape index (κ3) is 5.15. The fraction of sp³-hybridized carbons (Fsp3) is 0.100. The first-order valence-electron chi connectivity index (χ1n) is 7.76. The second-order valence-corrected chi connectivity index (χ2v) is 7.25. The highest BCUT2D eigenvalue weighted by Gasteiger charge is 2.07. The standard InChI is InChI=1S/C20H16BrCl2NO/c21-16-5-8-18(9-6-16)24-12-15-11-17(22)7-10-20(15)25-13-14-3-1-2-4-19(14)23/h1-11,24H,12-13H2. The smallest absolute Gasteiger partial charge is 0.124 e. The molecule has 1 N–H and O–H groups in total. The van der Waals surface area contributed by atoms with Crippen molar-refractivity contribution in [3.63, 3.8) is 0 Å². The van der Waals surface area contributed by atoms with Crippen LogP contribution in [0.2, 0.25) is 10.0 Å². The summed E-state index contributed by atoms with van der Waals surface area (Å²) in [4.78, 5) is 0. The van der Waals surface area contributed by atoms with E-state index in [1.165, 1.54) is 0 Å². The van der Waals surface area contributed by atoms with Gasteiger partial charge >= 0.3 is 0 Å². The van der Waals surface area contributed by atoms with Gasteiger partial charge in [0, 0.05) is 37.9 Å². The molecule has 0 saturated carbocycles. The lowest BCUT2D eigenvalue weighted by atomic mass is 10.2. The molecule has 0 atom stereocenters. The third-order valence-electron chi connectivity index (χ3n) is 3.69.